The van der Waals surface area contributed by atoms with Gasteiger partial charge in [-0.15, -0.1) is 0 Å². The smallest absolute Gasteiger partial charge is 0.141 e. The first-order valence-corrected chi connectivity index (χ1v) is 8.99. The summed E-state index contributed by atoms with van der Waals surface area (Å²) < 4.78 is 18.7. The molecule has 0 unspecified atom stereocenters. The quantitative estimate of drug-likeness (QED) is 0.813. The van der Waals surface area contributed by atoms with Crippen LogP contribution in [0.3, 0.4) is 0 Å². The Hall–Kier alpha value is -2.32. The van der Waals surface area contributed by atoms with Crippen molar-refractivity contribution in [1.82, 2.24) is 19.9 Å². The number of pyridine rings is 1. The zero-order valence-electron chi connectivity index (χ0n) is 14.7. The van der Waals surface area contributed by atoms with Crippen molar-refractivity contribution >= 4 is 11.6 Å². The number of hydrogen-bond donors (Lipinski definition) is 0. The Balaban J connectivity index is 1.35. The molecule has 2 aliphatic rings. The summed E-state index contributed by atoms with van der Waals surface area (Å²) in [4.78, 5) is 19.6. The minimum atomic E-state index is -0.280. The number of piperazine rings is 1. The molecule has 2 aromatic rings. The average Bonchev–Trinajstić information content (AvgIpc) is 2.69. The van der Waals surface area contributed by atoms with Gasteiger partial charge in [-0.25, -0.2) is 14.4 Å². The molecule has 0 spiro atoms. The van der Waals surface area contributed by atoms with Crippen molar-refractivity contribution in [1.29, 1.82) is 0 Å². The van der Waals surface area contributed by atoms with Crippen LogP contribution in [0.25, 0.3) is 0 Å². The number of aromatic nitrogens is 3. The molecule has 4 rings (SSSR count). The van der Waals surface area contributed by atoms with E-state index in [9.17, 15) is 4.39 Å². The maximum atomic E-state index is 13.3. The van der Waals surface area contributed by atoms with Crippen LogP contribution in [-0.4, -0.2) is 72.3 Å². The molecule has 0 atom stereocenters. The molecular weight excluding hydrogens is 335 g/mol. The number of nitrogens with zero attached hydrogens (tertiary/aromatic N) is 6. The van der Waals surface area contributed by atoms with Gasteiger partial charge in [-0.05, 0) is 11.6 Å². The second-order valence-corrected chi connectivity index (χ2v) is 6.61. The summed E-state index contributed by atoms with van der Waals surface area (Å²) in [5, 5.41) is 0. The molecule has 0 aromatic carbocycles. The molecule has 2 fully saturated rings. The molecule has 0 saturated carbocycles. The van der Waals surface area contributed by atoms with Crippen LogP contribution in [0.5, 0.6) is 0 Å². The Morgan fingerprint density at radius 1 is 0.885 bits per heavy atom. The van der Waals surface area contributed by atoms with Gasteiger partial charge < -0.3 is 14.5 Å². The maximum absolute atomic E-state index is 13.3. The molecular formula is C18H23FN6O. The van der Waals surface area contributed by atoms with Crippen molar-refractivity contribution in [2.75, 3.05) is 62.3 Å². The molecule has 0 N–H and O–H groups in total. The molecule has 0 bridgehead atoms. The predicted molar refractivity (Wildman–Crippen MR) is 96.7 cm³/mol. The molecule has 26 heavy (non-hydrogen) atoms. The summed E-state index contributed by atoms with van der Waals surface area (Å²) in [6.07, 6.45) is 4.61. The Morgan fingerprint density at radius 2 is 1.58 bits per heavy atom. The second kappa shape index (κ2) is 7.92. The summed E-state index contributed by atoms with van der Waals surface area (Å²) in [5.41, 5.74) is 0.912. The van der Waals surface area contributed by atoms with E-state index in [-0.39, 0.29) is 5.82 Å². The standard InChI is InChI=1S/C18H23FN6O/c19-16-9-15(11-20-12-16)13-23-1-3-24(4-2-23)17-10-18(22-14-21-17)25-5-7-26-8-6-25/h9-12,14H,1-8,13H2. The number of hydrogen-bond acceptors (Lipinski definition) is 7. The number of halogens is 1. The SMILES string of the molecule is Fc1cncc(CN2CCN(c3cc(N4CCOCC4)ncn3)CC2)c1. The topological polar surface area (TPSA) is 57.6 Å². The van der Waals surface area contributed by atoms with Crippen LogP contribution >= 0.6 is 0 Å². The highest BCUT2D eigenvalue weighted by molar-refractivity contribution is 5.50. The average molecular weight is 358 g/mol. The van der Waals surface area contributed by atoms with Gasteiger partial charge in [-0.1, -0.05) is 0 Å². The number of rotatable bonds is 4. The molecule has 4 heterocycles. The lowest BCUT2D eigenvalue weighted by molar-refractivity contribution is 0.122. The van der Waals surface area contributed by atoms with E-state index in [0.717, 1.165) is 76.2 Å². The Bertz CT molecular complexity index is 731. The molecule has 0 radical (unpaired) electrons. The summed E-state index contributed by atoms with van der Waals surface area (Å²) >= 11 is 0. The normalized spacial score (nSPS) is 19.0. The molecule has 2 saturated heterocycles. The Morgan fingerprint density at radius 3 is 2.27 bits per heavy atom. The molecule has 8 heteroatoms. The van der Waals surface area contributed by atoms with E-state index in [0.29, 0.717) is 0 Å². The highest BCUT2D eigenvalue weighted by atomic mass is 19.1. The van der Waals surface area contributed by atoms with Gasteiger partial charge in [-0.3, -0.25) is 9.88 Å². The molecule has 0 amide bonds. The van der Waals surface area contributed by atoms with Crippen LogP contribution in [0.15, 0.2) is 30.9 Å². The first kappa shape index (κ1) is 17.1. The molecule has 0 aliphatic carbocycles. The number of ether oxygens (including phenoxy) is 1. The van der Waals surface area contributed by atoms with Crippen molar-refractivity contribution in [2.24, 2.45) is 0 Å². The van der Waals surface area contributed by atoms with Crippen LogP contribution in [-0.2, 0) is 11.3 Å². The van der Waals surface area contributed by atoms with E-state index in [1.807, 2.05) is 0 Å². The van der Waals surface area contributed by atoms with Crippen LogP contribution in [0, 0.1) is 5.82 Å². The highest BCUT2D eigenvalue weighted by Gasteiger charge is 2.20. The van der Waals surface area contributed by atoms with Crippen LogP contribution in [0.2, 0.25) is 0 Å². The molecule has 2 aliphatic heterocycles. The summed E-state index contributed by atoms with van der Waals surface area (Å²) in [5.74, 6) is 1.65. The third-order valence-electron chi connectivity index (χ3n) is 4.84. The summed E-state index contributed by atoms with van der Waals surface area (Å²) in [6.45, 7) is 7.55. The lowest BCUT2D eigenvalue weighted by Crippen LogP contribution is -2.46. The number of morpholine rings is 1. The molecule has 2 aromatic heterocycles. The summed E-state index contributed by atoms with van der Waals surface area (Å²) in [7, 11) is 0. The van der Waals surface area contributed by atoms with Crippen molar-refractivity contribution in [3.05, 3.63) is 42.2 Å². The van der Waals surface area contributed by atoms with Crippen LogP contribution in [0.4, 0.5) is 16.0 Å². The molecule has 138 valence electrons. The number of anilines is 2. The monoisotopic (exact) mass is 358 g/mol. The first-order chi connectivity index (χ1) is 12.8. The van der Waals surface area contributed by atoms with Gasteiger partial charge >= 0.3 is 0 Å². The van der Waals surface area contributed by atoms with E-state index < -0.39 is 0 Å². The third-order valence-corrected chi connectivity index (χ3v) is 4.84. The van der Waals surface area contributed by atoms with Crippen molar-refractivity contribution < 1.29 is 9.13 Å². The van der Waals surface area contributed by atoms with Gasteiger partial charge in [0, 0.05) is 58.1 Å². The van der Waals surface area contributed by atoms with E-state index >= 15 is 0 Å². The highest BCUT2D eigenvalue weighted by Crippen LogP contribution is 2.20. The van der Waals surface area contributed by atoms with E-state index in [2.05, 4.69) is 35.7 Å². The summed E-state index contributed by atoms with van der Waals surface area (Å²) in [6, 6.07) is 3.62. The van der Waals surface area contributed by atoms with E-state index in [1.54, 1.807) is 18.6 Å². The largest absolute Gasteiger partial charge is 0.378 e. The lowest BCUT2D eigenvalue weighted by Gasteiger charge is -2.36. The Labute approximate surface area is 152 Å². The Kier molecular flexibility index (Phi) is 5.21. The maximum Gasteiger partial charge on any atom is 0.141 e. The van der Waals surface area contributed by atoms with Gasteiger partial charge in [0.05, 0.1) is 19.4 Å². The van der Waals surface area contributed by atoms with Crippen LogP contribution in [0.1, 0.15) is 5.56 Å². The van der Waals surface area contributed by atoms with E-state index in [4.69, 9.17) is 4.74 Å². The van der Waals surface area contributed by atoms with Gasteiger partial charge in [0.25, 0.3) is 0 Å². The lowest BCUT2D eigenvalue weighted by atomic mass is 10.2. The third kappa shape index (κ3) is 4.08. The minimum absolute atomic E-state index is 0.280. The minimum Gasteiger partial charge on any atom is -0.378 e. The van der Waals surface area contributed by atoms with Gasteiger partial charge in [0.15, 0.2) is 0 Å². The van der Waals surface area contributed by atoms with Gasteiger partial charge in [0.1, 0.15) is 23.8 Å². The van der Waals surface area contributed by atoms with Gasteiger partial charge in [-0.2, -0.15) is 0 Å². The fraction of sp³-hybridized carbons (Fsp3) is 0.500. The zero-order valence-corrected chi connectivity index (χ0v) is 14.7. The fourth-order valence-corrected chi connectivity index (χ4v) is 3.41. The second-order valence-electron chi connectivity index (χ2n) is 6.61. The van der Waals surface area contributed by atoms with Crippen molar-refractivity contribution in [3.63, 3.8) is 0 Å². The van der Waals surface area contributed by atoms with Crippen molar-refractivity contribution in [2.45, 2.75) is 6.54 Å². The zero-order chi connectivity index (χ0) is 17.8. The molecule has 7 nitrogen and oxygen atoms in total. The van der Waals surface area contributed by atoms with Gasteiger partial charge in [0.2, 0.25) is 0 Å². The van der Waals surface area contributed by atoms with E-state index in [1.165, 1.54) is 6.20 Å². The predicted octanol–water partition coefficient (Wildman–Crippen LogP) is 1.17. The van der Waals surface area contributed by atoms with Crippen molar-refractivity contribution in [3.8, 4) is 0 Å². The van der Waals surface area contributed by atoms with Crippen LogP contribution < -0.4 is 9.80 Å². The first-order valence-electron chi connectivity index (χ1n) is 8.99. The fourth-order valence-electron chi connectivity index (χ4n) is 3.41.